The van der Waals surface area contributed by atoms with Crippen molar-refractivity contribution >= 4 is 0 Å². The van der Waals surface area contributed by atoms with Crippen LogP contribution in [0.3, 0.4) is 0 Å². The summed E-state index contributed by atoms with van der Waals surface area (Å²) >= 11 is 0. The number of hydrogen-bond acceptors (Lipinski definition) is 0. The highest BCUT2D eigenvalue weighted by Crippen LogP contribution is 2.18. The second kappa shape index (κ2) is 14.1. The smallest absolute Gasteiger partial charge is 0.0784 e. The lowest BCUT2D eigenvalue weighted by atomic mass is 10.0. The van der Waals surface area contributed by atoms with Gasteiger partial charge in [-0.3, -0.25) is 0 Å². The Morgan fingerprint density at radius 2 is 1.05 bits per heavy atom. The van der Waals surface area contributed by atoms with Crippen LogP contribution < -0.4 is 17.0 Å². The highest BCUT2D eigenvalue weighted by atomic mass is 79.9. The molecule has 1 heterocycles. The standard InChI is InChI=1S/C19H40N.BrH/c1-3-4-5-6-7-8-9-10-11-12-14-17-20(2)18-15-13-16-19-20;/h3-19H2,1-2H3;1H/q+1;/p-1. The molecule has 1 aliphatic heterocycles. The molecule has 0 unspecified atom stereocenters. The molecule has 0 N–H and O–H groups in total. The van der Waals surface area contributed by atoms with E-state index in [0.29, 0.717) is 0 Å². The number of likely N-dealkylation sites (tertiary alicyclic amines) is 1. The maximum absolute atomic E-state index is 2.48. The third-order valence-corrected chi connectivity index (χ3v) is 5.20. The first kappa shape index (κ1) is 21.4. The average molecular weight is 362 g/mol. The molecule has 0 aromatic rings. The van der Waals surface area contributed by atoms with Gasteiger partial charge >= 0.3 is 0 Å². The largest absolute Gasteiger partial charge is 1.00 e. The predicted molar refractivity (Wildman–Crippen MR) is 91.1 cm³/mol. The second-order valence-corrected chi connectivity index (χ2v) is 7.39. The van der Waals surface area contributed by atoms with Gasteiger partial charge in [-0.1, -0.05) is 64.7 Å². The first-order valence-corrected chi connectivity index (χ1v) is 9.60. The molecular weight excluding hydrogens is 322 g/mol. The van der Waals surface area contributed by atoms with Gasteiger partial charge in [-0.2, -0.15) is 0 Å². The summed E-state index contributed by atoms with van der Waals surface area (Å²) in [6, 6.07) is 0. The summed E-state index contributed by atoms with van der Waals surface area (Å²) in [5, 5.41) is 0. The fraction of sp³-hybridized carbons (Fsp3) is 1.00. The fourth-order valence-corrected chi connectivity index (χ4v) is 3.66. The Morgan fingerprint density at radius 3 is 1.52 bits per heavy atom. The van der Waals surface area contributed by atoms with Gasteiger partial charge in [0.05, 0.1) is 26.7 Å². The van der Waals surface area contributed by atoms with Crippen LogP contribution in [-0.4, -0.2) is 31.2 Å². The summed E-state index contributed by atoms with van der Waals surface area (Å²) in [7, 11) is 2.48. The Hall–Kier alpha value is 0.440. The van der Waals surface area contributed by atoms with Crippen molar-refractivity contribution in [2.45, 2.75) is 96.8 Å². The van der Waals surface area contributed by atoms with Gasteiger partial charge in [-0.15, -0.1) is 0 Å². The molecule has 1 saturated heterocycles. The number of unbranched alkanes of at least 4 members (excludes halogenated alkanes) is 10. The molecule has 128 valence electrons. The summed E-state index contributed by atoms with van der Waals surface area (Å²) in [5.41, 5.74) is 0. The molecule has 2 heteroatoms. The van der Waals surface area contributed by atoms with Crippen molar-refractivity contribution in [3.63, 3.8) is 0 Å². The molecule has 1 nitrogen and oxygen atoms in total. The Labute approximate surface area is 145 Å². The van der Waals surface area contributed by atoms with Gasteiger partial charge in [0.2, 0.25) is 0 Å². The number of nitrogens with zero attached hydrogens (tertiary/aromatic N) is 1. The number of piperidine rings is 1. The lowest BCUT2D eigenvalue weighted by Crippen LogP contribution is -3.00. The summed E-state index contributed by atoms with van der Waals surface area (Å²) < 4.78 is 1.37. The Bertz CT molecular complexity index is 212. The summed E-state index contributed by atoms with van der Waals surface area (Å²) in [6.07, 6.45) is 20.5. The van der Waals surface area contributed by atoms with Crippen LogP contribution in [0.2, 0.25) is 0 Å². The quantitative estimate of drug-likeness (QED) is 0.370. The van der Waals surface area contributed by atoms with Crippen molar-refractivity contribution in [1.29, 1.82) is 0 Å². The molecule has 1 aliphatic rings. The van der Waals surface area contributed by atoms with Crippen molar-refractivity contribution in [2.24, 2.45) is 0 Å². The van der Waals surface area contributed by atoms with Gasteiger partial charge in [-0.25, -0.2) is 0 Å². The molecular formula is C19H40BrN. The van der Waals surface area contributed by atoms with E-state index in [9.17, 15) is 0 Å². The van der Waals surface area contributed by atoms with Crippen LogP contribution in [0.25, 0.3) is 0 Å². The lowest BCUT2D eigenvalue weighted by molar-refractivity contribution is -0.914. The van der Waals surface area contributed by atoms with E-state index < -0.39 is 0 Å². The molecule has 21 heavy (non-hydrogen) atoms. The van der Waals surface area contributed by atoms with E-state index in [4.69, 9.17) is 0 Å². The van der Waals surface area contributed by atoms with Crippen LogP contribution in [0.1, 0.15) is 96.8 Å². The molecule has 1 fully saturated rings. The first-order valence-electron chi connectivity index (χ1n) is 9.60. The van der Waals surface area contributed by atoms with E-state index in [-0.39, 0.29) is 17.0 Å². The molecule has 0 aliphatic carbocycles. The lowest BCUT2D eigenvalue weighted by Gasteiger charge is -2.37. The van der Waals surface area contributed by atoms with Crippen molar-refractivity contribution in [2.75, 3.05) is 26.7 Å². The zero-order valence-electron chi connectivity index (χ0n) is 14.8. The van der Waals surface area contributed by atoms with Gasteiger partial charge in [-0.05, 0) is 32.1 Å². The number of halogens is 1. The van der Waals surface area contributed by atoms with E-state index in [1.165, 1.54) is 114 Å². The molecule has 0 bridgehead atoms. The van der Waals surface area contributed by atoms with Crippen molar-refractivity contribution < 1.29 is 21.5 Å². The highest BCUT2D eigenvalue weighted by molar-refractivity contribution is 4.53. The zero-order valence-corrected chi connectivity index (χ0v) is 16.4. The third kappa shape index (κ3) is 11.6. The van der Waals surface area contributed by atoms with Gasteiger partial charge in [0.1, 0.15) is 0 Å². The van der Waals surface area contributed by atoms with Crippen LogP contribution in [0.15, 0.2) is 0 Å². The normalized spacial score (nSPS) is 17.4. The number of rotatable bonds is 12. The molecule has 0 atom stereocenters. The molecule has 0 aromatic carbocycles. The SMILES string of the molecule is CCCCCCCCCCCCC[N+]1(C)CCCCC1.[Br-]. The van der Waals surface area contributed by atoms with Gasteiger partial charge < -0.3 is 21.5 Å². The van der Waals surface area contributed by atoms with Crippen LogP contribution >= 0.6 is 0 Å². The van der Waals surface area contributed by atoms with Gasteiger partial charge in [0.15, 0.2) is 0 Å². The van der Waals surface area contributed by atoms with Gasteiger partial charge in [0.25, 0.3) is 0 Å². The molecule has 0 radical (unpaired) electrons. The fourth-order valence-electron chi connectivity index (χ4n) is 3.66. The molecule has 0 amide bonds. The van der Waals surface area contributed by atoms with Crippen LogP contribution in [-0.2, 0) is 0 Å². The summed E-state index contributed by atoms with van der Waals surface area (Å²) in [6.45, 7) is 6.62. The average Bonchev–Trinajstić information content (AvgIpc) is 2.45. The first-order chi connectivity index (χ1) is 9.77. The molecule has 0 aromatic heterocycles. The minimum atomic E-state index is 0. The maximum atomic E-state index is 2.48. The maximum Gasteiger partial charge on any atom is 0.0784 e. The van der Waals surface area contributed by atoms with E-state index >= 15 is 0 Å². The van der Waals surface area contributed by atoms with E-state index in [1.807, 2.05) is 0 Å². The Balaban J connectivity index is 0.00000400. The Kier molecular flexibility index (Phi) is 14.4. The monoisotopic (exact) mass is 361 g/mol. The van der Waals surface area contributed by atoms with Crippen molar-refractivity contribution in [3.05, 3.63) is 0 Å². The molecule has 1 rings (SSSR count). The van der Waals surface area contributed by atoms with Crippen LogP contribution in [0.5, 0.6) is 0 Å². The van der Waals surface area contributed by atoms with Crippen molar-refractivity contribution in [1.82, 2.24) is 0 Å². The van der Waals surface area contributed by atoms with Gasteiger partial charge in [0, 0.05) is 0 Å². The van der Waals surface area contributed by atoms with Crippen molar-refractivity contribution in [3.8, 4) is 0 Å². The van der Waals surface area contributed by atoms with E-state index in [0.717, 1.165) is 0 Å². The highest BCUT2D eigenvalue weighted by Gasteiger charge is 2.23. The summed E-state index contributed by atoms with van der Waals surface area (Å²) in [4.78, 5) is 0. The topological polar surface area (TPSA) is 0 Å². The number of hydrogen-bond donors (Lipinski definition) is 0. The number of quaternary nitrogens is 1. The summed E-state index contributed by atoms with van der Waals surface area (Å²) in [5.74, 6) is 0. The van der Waals surface area contributed by atoms with Crippen LogP contribution in [0.4, 0.5) is 0 Å². The minimum Gasteiger partial charge on any atom is -1.00 e. The second-order valence-electron chi connectivity index (χ2n) is 7.39. The Morgan fingerprint density at radius 1 is 0.619 bits per heavy atom. The van der Waals surface area contributed by atoms with Crippen LogP contribution in [0, 0.1) is 0 Å². The third-order valence-electron chi connectivity index (χ3n) is 5.20. The minimum absolute atomic E-state index is 0. The predicted octanol–water partition coefficient (Wildman–Crippen LogP) is 2.93. The molecule has 0 saturated carbocycles. The van der Waals surface area contributed by atoms with E-state index in [2.05, 4.69) is 14.0 Å². The van der Waals surface area contributed by atoms with E-state index in [1.54, 1.807) is 0 Å². The zero-order chi connectivity index (χ0) is 14.5. The molecule has 0 spiro atoms.